The molecule has 0 bridgehead atoms. The lowest BCUT2D eigenvalue weighted by atomic mass is 10.0. The lowest BCUT2D eigenvalue weighted by molar-refractivity contribution is -0.143. The maximum absolute atomic E-state index is 12.5. The van der Waals surface area contributed by atoms with E-state index in [4.69, 9.17) is 4.74 Å². The molecule has 2 atom stereocenters. The normalized spacial score (nSPS) is 12.7. The molecule has 466 valence electrons. The number of hydrogen-bond donors (Lipinski definition) is 3. The van der Waals surface area contributed by atoms with Crippen molar-refractivity contribution < 1.29 is 24.5 Å². The molecule has 0 aromatic carbocycles. The second-order valence-electron chi connectivity index (χ2n) is 24.6. The number of allylic oxidation sites excluding steroid dienone is 5. The molecule has 0 saturated heterocycles. The Labute approximate surface area is 494 Å². The fourth-order valence-corrected chi connectivity index (χ4v) is 11.2. The maximum atomic E-state index is 12.5. The number of carbonyl (C=O) groups is 2. The van der Waals surface area contributed by atoms with Crippen molar-refractivity contribution in [2.24, 2.45) is 0 Å². The molecule has 3 N–H and O–H groups in total. The summed E-state index contributed by atoms with van der Waals surface area (Å²) in [6.07, 6.45) is 87.9. The van der Waals surface area contributed by atoms with Gasteiger partial charge in [-0.25, -0.2) is 0 Å². The van der Waals surface area contributed by atoms with Crippen LogP contribution in [-0.4, -0.2) is 47.4 Å². The van der Waals surface area contributed by atoms with Crippen LogP contribution in [0.25, 0.3) is 0 Å². The number of esters is 1. The molecule has 0 fully saturated rings. The predicted octanol–water partition coefficient (Wildman–Crippen LogP) is 23.1. The van der Waals surface area contributed by atoms with Gasteiger partial charge in [-0.05, 0) is 83.5 Å². The zero-order valence-corrected chi connectivity index (χ0v) is 53.4. The molecule has 0 radical (unpaired) electrons. The number of aliphatic hydroxyl groups is 2. The van der Waals surface area contributed by atoms with Crippen LogP contribution in [0.3, 0.4) is 0 Å². The summed E-state index contributed by atoms with van der Waals surface area (Å²) in [5.74, 6) is -0.0624. The predicted molar refractivity (Wildman–Crippen MR) is 347 cm³/mol. The largest absolute Gasteiger partial charge is 0.466 e. The summed E-state index contributed by atoms with van der Waals surface area (Å²) in [5.41, 5.74) is 0. The van der Waals surface area contributed by atoms with Gasteiger partial charge in [-0.15, -0.1) is 0 Å². The van der Waals surface area contributed by atoms with Gasteiger partial charge < -0.3 is 20.3 Å². The molecule has 1 amide bonds. The van der Waals surface area contributed by atoms with Crippen molar-refractivity contribution in [2.45, 2.75) is 405 Å². The third-order valence-electron chi connectivity index (χ3n) is 16.6. The van der Waals surface area contributed by atoms with Crippen molar-refractivity contribution in [3.8, 4) is 0 Å². The Morgan fingerprint density at radius 1 is 0.342 bits per heavy atom. The minimum absolute atomic E-state index is 0.00826. The van der Waals surface area contributed by atoms with Crippen molar-refractivity contribution in [1.29, 1.82) is 0 Å². The monoisotopic (exact) mass is 1110 g/mol. The van der Waals surface area contributed by atoms with Crippen LogP contribution in [0.2, 0.25) is 0 Å². The molecule has 0 aromatic heterocycles. The van der Waals surface area contributed by atoms with E-state index in [2.05, 4.69) is 43.5 Å². The number of amides is 1. The van der Waals surface area contributed by atoms with Crippen molar-refractivity contribution in [2.75, 3.05) is 13.2 Å². The smallest absolute Gasteiger partial charge is 0.305 e. The second-order valence-corrected chi connectivity index (χ2v) is 24.6. The Morgan fingerprint density at radius 3 is 0.899 bits per heavy atom. The Balaban J connectivity index is 3.43. The van der Waals surface area contributed by atoms with Gasteiger partial charge in [0.1, 0.15) is 0 Å². The highest BCUT2D eigenvalue weighted by atomic mass is 16.5. The average Bonchev–Trinajstić information content (AvgIpc) is 3.45. The number of ether oxygens (including phenoxy) is 1. The van der Waals surface area contributed by atoms with Gasteiger partial charge in [-0.2, -0.15) is 0 Å². The van der Waals surface area contributed by atoms with E-state index in [9.17, 15) is 19.8 Å². The fourth-order valence-electron chi connectivity index (χ4n) is 11.2. The third kappa shape index (κ3) is 65.1. The lowest BCUT2D eigenvalue weighted by Gasteiger charge is -2.20. The Bertz CT molecular complexity index is 1280. The summed E-state index contributed by atoms with van der Waals surface area (Å²) in [6.45, 7) is 4.93. The molecule has 0 saturated carbocycles. The molecule has 0 aromatic rings. The van der Waals surface area contributed by atoms with Gasteiger partial charge in [-0.3, -0.25) is 9.59 Å². The fraction of sp³-hybridized carbons (Fsp3) is 0.890. The molecule has 0 spiro atoms. The average molecular weight is 1110 g/mol. The highest BCUT2D eigenvalue weighted by Crippen LogP contribution is 2.18. The molecular weight excluding hydrogens is 971 g/mol. The molecule has 0 aliphatic rings. The highest BCUT2D eigenvalue weighted by molar-refractivity contribution is 5.76. The first kappa shape index (κ1) is 77.1. The Morgan fingerprint density at radius 2 is 0.595 bits per heavy atom. The van der Waals surface area contributed by atoms with E-state index >= 15 is 0 Å². The topological polar surface area (TPSA) is 95.9 Å². The number of unbranched alkanes of at least 4 members (excludes halogenated alkanes) is 52. The number of nitrogens with one attached hydrogen (secondary N) is 1. The summed E-state index contributed by atoms with van der Waals surface area (Å²) in [5, 5.41) is 23.3. The number of hydrogen-bond acceptors (Lipinski definition) is 5. The summed E-state index contributed by atoms with van der Waals surface area (Å²) in [7, 11) is 0. The number of carbonyl (C=O) groups excluding carboxylic acids is 2. The van der Waals surface area contributed by atoms with Crippen LogP contribution >= 0.6 is 0 Å². The first-order chi connectivity index (χ1) is 39.0. The minimum Gasteiger partial charge on any atom is -0.466 e. The molecular formula is C73H139NO5. The lowest BCUT2D eigenvalue weighted by Crippen LogP contribution is -2.45. The zero-order valence-electron chi connectivity index (χ0n) is 53.4. The van der Waals surface area contributed by atoms with Crippen LogP contribution in [0.4, 0.5) is 0 Å². The first-order valence-electron chi connectivity index (χ1n) is 35.8. The van der Waals surface area contributed by atoms with E-state index in [1.165, 1.54) is 315 Å². The van der Waals surface area contributed by atoms with Gasteiger partial charge in [-0.1, -0.05) is 333 Å². The van der Waals surface area contributed by atoms with Crippen molar-refractivity contribution in [1.82, 2.24) is 5.32 Å². The number of aliphatic hydroxyl groups excluding tert-OH is 2. The standard InChI is InChI=1S/C73H139NO5/c1-3-5-7-9-11-13-15-17-19-21-22-23-27-30-34-37-41-45-49-53-57-61-65-71(76)70(69-75)74-72(77)66-62-58-54-50-46-42-38-35-31-28-25-24-26-29-32-36-40-44-48-52-56-60-64-68-79-73(78)67-63-59-55-51-47-43-39-33-20-18-16-14-12-10-8-6-4-2/h18,20,28,31,61,65,70-71,75-76H,3-17,19,21-27,29-30,32-60,62-64,66-69H2,1-2H3,(H,74,77)/b20-18-,31-28-,65-61+. The van der Waals surface area contributed by atoms with Crippen LogP contribution in [0.5, 0.6) is 0 Å². The summed E-state index contributed by atoms with van der Waals surface area (Å²) < 4.78 is 5.50. The molecule has 0 rings (SSSR count). The van der Waals surface area contributed by atoms with Crippen LogP contribution in [0.15, 0.2) is 36.5 Å². The SMILES string of the molecule is CCCCCCCC/C=C\CCCCCCCCCC(=O)OCCCCCCCCCCCCCC/C=C\CCCCCCCCCC(=O)NC(CO)C(O)/C=C/CCCCCCCCCCCCCCCCCCCCCC. The molecule has 79 heavy (non-hydrogen) atoms. The van der Waals surface area contributed by atoms with E-state index in [1.807, 2.05) is 6.08 Å². The van der Waals surface area contributed by atoms with Crippen molar-refractivity contribution in [3.05, 3.63) is 36.5 Å². The van der Waals surface area contributed by atoms with Crippen LogP contribution in [0.1, 0.15) is 393 Å². The van der Waals surface area contributed by atoms with Gasteiger partial charge in [0.05, 0.1) is 25.4 Å². The molecule has 6 nitrogen and oxygen atoms in total. The highest BCUT2D eigenvalue weighted by Gasteiger charge is 2.18. The summed E-state index contributed by atoms with van der Waals surface area (Å²) in [6, 6.07) is -0.634. The summed E-state index contributed by atoms with van der Waals surface area (Å²) >= 11 is 0. The third-order valence-corrected chi connectivity index (χ3v) is 16.6. The quantitative estimate of drug-likeness (QED) is 0.0320. The Hall–Kier alpha value is -1.92. The maximum Gasteiger partial charge on any atom is 0.305 e. The van der Waals surface area contributed by atoms with Crippen LogP contribution < -0.4 is 5.32 Å². The van der Waals surface area contributed by atoms with E-state index < -0.39 is 12.1 Å². The van der Waals surface area contributed by atoms with Gasteiger partial charge in [0.2, 0.25) is 5.91 Å². The van der Waals surface area contributed by atoms with Gasteiger partial charge in [0, 0.05) is 12.8 Å². The summed E-state index contributed by atoms with van der Waals surface area (Å²) in [4.78, 5) is 24.6. The van der Waals surface area contributed by atoms with Crippen LogP contribution in [-0.2, 0) is 14.3 Å². The van der Waals surface area contributed by atoms with E-state index in [0.717, 1.165) is 51.4 Å². The zero-order chi connectivity index (χ0) is 57.1. The Kier molecular flexibility index (Phi) is 66.9. The van der Waals surface area contributed by atoms with Crippen LogP contribution in [0, 0.1) is 0 Å². The molecule has 6 heteroatoms. The van der Waals surface area contributed by atoms with E-state index in [-0.39, 0.29) is 18.5 Å². The van der Waals surface area contributed by atoms with Crippen molar-refractivity contribution >= 4 is 11.9 Å². The van der Waals surface area contributed by atoms with Gasteiger partial charge >= 0.3 is 5.97 Å². The van der Waals surface area contributed by atoms with E-state index in [0.29, 0.717) is 19.4 Å². The van der Waals surface area contributed by atoms with Gasteiger partial charge in [0.15, 0.2) is 0 Å². The van der Waals surface area contributed by atoms with E-state index in [1.54, 1.807) is 6.08 Å². The number of rotatable bonds is 67. The molecule has 0 aliphatic carbocycles. The van der Waals surface area contributed by atoms with Crippen molar-refractivity contribution in [3.63, 3.8) is 0 Å². The molecule has 0 aliphatic heterocycles. The molecule has 2 unspecified atom stereocenters. The molecule has 0 heterocycles. The van der Waals surface area contributed by atoms with Gasteiger partial charge in [0.25, 0.3) is 0 Å². The first-order valence-corrected chi connectivity index (χ1v) is 35.8. The second kappa shape index (κ2) is 68.6. The minimum atomic E-state index is -0.850.